The maximum atomic E-state index is 13.8. The molecule has 27 heavy (non-hydrogen) atoms. The lowest BCUT2D eigenvalue weighted by atomic mass is 10.2. The highest BCUT2D eigenvalue weighted by Gasteiger charge is 2.27. The minimum Gasteiger partial charge on any atom is -0.279 e. The molecule has 2 aromatic heterocycles. The maximum absolute atomic E-state index is 13.8. The highest BCUT2D eigenvalue weighted by atomic mass is 32.2. The number of nitrogens with one attached hydrogen (secondary N) is 1. The molecule has 0 saturated heterocycles. The van der Waals surface area contributed by atoms with Crippen LogP contribution >= 0.6 is 11.3 Å². The number of nitrogens with zero attached hydrogens (tertiary/aromatic N) is 2. The quantitative estimate of drug-likeness (QED) is 0.651. The Hall–Kier alpha value is -2.19. The third-order valence-electron chi connectivity index (χ3n) is 4.87. The minimum atomic E-state index is -3.90. The zero-order valence-electron chi connectivity index (χ0n) is 14.9. The molecule has 5 nitrogen and oxygen atoms in total. The fourth-order valence-electron chi connectivity index (χ4n) is 3.38. The number of anilines is 1. The van der Waals surface area contributed by atoms with Crippen molar-refractivity contribution in [3.05, 3.63) is 53.3 Å². The smallest absolute Gasteiger partial charge is 0.265 e. The molecule has 1 aliphatic rings. The Bertz CT molecular complexity index is 1050. The van der Waals surface area contributed by atoms with E-state index in [1.807, 2.05) is 17.5 Å². The summed E-state index contributed by atoms with van der Waals surface area (Å²) in [7, 11) is -3.90. The van der Waals surface area contributed by atoms with Crippen LogP contribution in [0, 0.1) is 12.7 Å². The maximum Gasteiger partial charge on any atom is 0.265 e. The van der Waals surface area contributed by atoms with Gasteiger partial charge in [-0.3, -0.25) is 9.40 Å². The molecule has 0 aliphatic heterocycles. The van der Waals surface area contributed by atoms with Crippen LogP contribution in [0.3, 0.4) is 0 Å². The van der Waals surface area contributed by atoms with Gasteiger partial charge in [-0.2, -0.15) is 5.10 Å². The van der Waals surface area contributed by atoms with E-state index in [1.165, 1.54) is 17.4 Å². The molecule has 4 rings (SSSR count). The van der Waals surface area contributed by atoms with Crippen LogP contribution in [0.2, 0.25) is 0 Å². The average Bonchev–Trinajstić information content (AvgIpc) is 3.38. The fourth-order valence-corrected chi connectivity index (χ4v) is 5.37. The summed E-state index contributed by atoms with van der Waals surface area (Å²) in [5.74, 6) is -0.449. The zero-order valence-corrected chi connectivity index (χ0v) is 16.5. The normalized spacial score (nSPS) is 15.3. The molecule has 3 aromatic rings. The molecule has 1 saturated carbocycles. The van der Waals surface area contributed by atoms with Gasteiger partial charge < -0.3 is 0 Å². The number of hydrogen-bond donors (Lipinski definition) is 1. The minimum absolute atomic E-state index is 0.123. The van der Waals surface area contributed by atoms with Crippen molar-refractivity contribution < 1.29 is 12.8 Å². The molecule has 1 N–H and O–H groups in total. The Kier molecular flexibility index (Phi) is 4.77. The summed E-state index contributed by atoms with van der Waals surface area (Å²) in [6, 6.07) is 8.26. The zero-order chi connectivity index (χ0) is 19.0. The monoisotopic (exact) mass is 405 g/mol. The molecule has 8 heteroatoms. The first-order valence-electron chi connectivity index (χ1n) is 8.86. The Labute approximate surface area is 161 Å². The van der Waals surface area contributed by atoms with Crippen molar-refractivity contribution in [3.8, 4) is 10.6 Å². The van der Waals surface area contributed by atoms with Gasteiger partial charge in [-0.15, -0.1) is 11.3 Å². The van der Waals surface area contributed by atoms with Gasteiger partial charge in [0.25, 0.3) is 10.0 Å². The van der Waals surface area contributed by atoms with Crippen molar-refractivity contribution in [3.63, 3.8) is 0 Å². The summed E-state index contributed by atoms with van der Waals surface area (Å²) in [5.41, 5.74) is 1.10. The molecule has 2 heterocycles. The first-order valence-corrected chi connectivity index (χ1v) is 11.2. The van der Waals surface area contributed by atoms with Crippen LogP contribution in [0.25, 0.3) is 10.6 Å². The van der Waals surface area contributed by atoms with Crippen LogP contribution in [0.1, 0.15) is 37.3 Å². The highest BCUT2D eigenvalue weighted by Crippen LogP contribution is 2.35. The fraction of sp³-hybridized carbons (Fsp3) is 0.316. The van der Waals surface area contributed by atoms with E-state index in [0.29, 0.717) is 11.3 Å². The number of hydrogen-bond acceptors (Lipinski definition) is 4. The lowest BCUT2D eigenvalue weighted by Gasteiger charge is -2.09. The summed E-state index contributed by atoms with van der Waals surface area (Å²) in [6.45, 7) is 1.63. The van der Waals surface area contributed by atoms with Gasteiger partial charge in [-0.25, -0.2) is 12.8 Å². The van der Waals surface area contributed by atoms with Gasteiger partial charge in [-0.05, 0) is 48.9 Å². The van der Waals surface area contributed by atoms with Crippen LogP contribution in [0.4, 0.5) is 10.1 Å². The second-order valence-electron chi connectivity index (χ2n) is 6.81. The third kappa shape index (κ3) is 3.64. The molecule has 1 aromatic carbocycles. The van der Waals surface area contributed by atoms with Crippen LogP contribution in [-0.4, -0.2) is 18.2 Å². The van der Waals surface area contributed by atoms with E-state index in [9.17, 15) is 12.8 Å². The second kappa shape index (κ2) is 7.09. The number of rotatable bonds is 5. The summed E-state index contributed by atoms with van der Waals surface area (Å²) in [4.78, 5) is 0.917. The van der Waals surface area contributed by atoms with E-state index in [2.05, 4.69) is 9.82 Å². The number of aryl methyl sites for hydroxylation is 1. The van der Waals surface area contributed by atoms with Crippen molar-refractivity contribution in [2.75, 3.05) is 4.72 Å². The van der Waals surface area contributed by atoms with Crippen LogP contribution in [0.5, 0.6) is 0 Å². The standard InChI is InChI=1S/C19H20FN3O2S2/c1-13-8-9-14(11-16(13)20)22-27(24,25)18-12-23(15-5-2-3-6-15)21-19(18)17-7-4-10-26-17/h4,7-12,15,22H,2-3,5-6H2,1H3. The molecule has 1 aliphatic carbocycles. The summed E-state index contributed by atoms with van der Waals surface area (Å²) >= 11 is 1.44. The largest absolute Gasteiger partial charge is 0.279 e. The predicted octanol–water partition coefficient (Wildman–Crippen LogP) is 4.98. The van der Waals surface area contributed by atoms with Crippen molar-refractivity contribution in [2.45, 2.75) is 43.5 Å². The Morgan fingerprint density at radius 3 is 2.70 bits per heavy atom. The number of sulfonamides is 1. The van der Waals surface area contributed by atoms with E-state index in [0.717, 1.165) is 30.6 Å². The van der Waals surface area contributed by atoms with Crippen LogP contribution in [-0.2, 0) is 10.0 Å². The lowest BCUT2D eigenvalue weighted by Crippen LogP contribution is -2.13. The molecule has 1 fully saturated rings. The number of halogens is 1. The molecule has 0 radical (unpaired) electrons. The van der Waals surface area contributed by atoms with E-state index in [4.69, 9.17) is 0 Å². The van der Waals surface area contributed by atoms with Crippen LogP contribution < -0.4 is 4.72 Å². The molecule has 0 amide bonds. The van der Waals surface area contributed by atoms with Crippen molar-refractivity contribution >= 4 is 27.0 Å². The summed E-state index contributed by atoms with van der Waals surface area (Å²) in [5, 5.41) is 6.50. The molecular formula is C19H20FN3O2S2. The number of aromatic nitrogens is 2. The number of thiophene rings is 1. The SMILES string of the molecule is Cc1ccc(NS(=O)(=O)c2cn(C3CCCC3)nc2-c2cccs2)cc1F. The Morgan fingerprint density at radius 2 is 2.04 bits per heavy atom. The van der Waals surface area contributed by atoms with Gasteiger partial charge in [0, 0.05) is 6.20 Å². The molecule has 0 bridgehead atoms. The average molecular weight is 406 g/mol. The number of benzene rings is 1. The van der Waals surface area contributed by atoms with Gasteiger partial charge >= 0.3 is 0 Å². The van der Waals surface area contributed by atoms with Gasteiger partial charge in [-0.1, -0.05) is 25.0 Å². The van der Waals surface area contributed by atoms with Crippen molar-refractivity contribution in [1.82, 2.24) is 9.78 Å². The van der Waals surface area contributed by atoms with Gasteiger partial charge in [0.2, 0.25) is 0 Å². The predicted molar refractivity (Wildman–Crippen MR) is 105 cm³/mol. The second-order valence-corrected chi connectivity index (χ2v) is 9.41. The van der Waals surface area contributed by atoms with E-state index in [-0.39, 0.29) is 16.6 Å². The molecule has 0 unspecified atom stereocenters. The highest BCUT2D eigenvalue weighted by molar-refractivity contribution is 7.92. The Balaban J connectivity index is 1.75. The molecule has 0 atom stereocenters. The Morgan fingerprint density at radius 1 is 1.26 bits per heavy atom. The molecule has 0 spiro atoms. The van der Waals surface area contributed by atoms with E-state index < -0.39 is 15.8 Å². The van der Waals surface area contributed by atoms with E-state index >= 15 is 0 Å². The third-order valence-corrected chi connectivity index (χ3v) is 7.12. The van der Waals surface area contributed by atoms with Gasteiger partial charge in [0.1, 0.15) is 16.4 Å². The van der Waals surface area contributed by atoms with Gasteiger partial charge in [0.05, 0.1) is 16.6 Å². The first kappa shape index (κ1) is 18.2. The summed E-state index contributed by atoms with van der Waals surface area (Å²) in [6.07, 6.45) is 5.87. The molecule has 142 valence electrons. The van der Waals surface area contributed by atoms with Crippen LogP contribution in [0.15, 0.2) is 46.8 Å². The first-order chi connectivity index (χ1) is 12.9. The van der Waals surface area contributed by atoms with Crippen molar-refractivity contribution in [1.29, 1.82) is 0 Å². The van der Waals surface area contributed by atoms with Crippen molar-refractivity contribution in [2.24, 2.45) is 0 Å². The molecular weight excluding hydrogens is 385 g/mol. The topological polar surface area (TPSA) is 64.0 Å². The lowest BCUT2D eigenvalue weighted by molar-refractivity contribution is 0.467. The van der Waals surface area contributed by atoms with Gasteiger partial charge in [0.15, 0.2) is 0 Å². The van der Waals surface area contributed by atoms with E-state index in [1.54, 1.807) is 29.9 Å². The summed E-state index contributed by atoms with van der Waals surface area (Å²) < 4.78 is 44.2.